The number of hydrogen-bond donors (Lipinski definition) is 1. The van der Waals surface area contributed by atoms with E-state index in [2.05, 4.69) is 4.99 Å². The van der Waals surface area contributed by atoms with Crippen LogP contribution in [0.5, 0.6) is 0 Å². The minimum Gasteiger partial charge on any atom is -0.401 e. The van der Waals surface area contributed by atoms with Crippen LogP contribution in [0.2, 0.25) is 0 Å². The lowest BCUT2D eigenvalue weighted by molar-refractivity contribution is -0.105. The Morgan fingerprint density at radius 3 is 2.58 bits per heavy atom. The van der Waals surface area contributed by atoms with Crippen molar-refractivity contribution in [2.45, 2.75) is 12.8 Å². The lowest BCUT2D eigenvalue weighted by Gasteiger charge is -2.20. The van der Waals surface area contributed by atoms with Gasteiger partial charge in [-0.3, -0.25) is 9.79 Å². The van der Waals surface area contributed by atoms with Gasteiger partial charge in [0.2, 0.25) is 0 Å². The molecule has 19 heavy (non-hydrogen) atoms. The third kappa shape index (κ3) is 2.61. The Balaban J connectivity index is 2.55. The lowest BCUT2D eigenvalue weighted by Crippen LogP contribution is -2.18. The van der Waals surface area contributed by atoms with E-state index in [-0.39, 0.29) is 0 Å². The summed E-state index contributed by atoms with van der Waals surface area (Å²) in [6, 6.07) is 9.68. The Hall–Kier alpha value is -1.87. The summed E-state index contributed by atoms with van der Waals surface area (Å²) in [4.78, 5) is 15.3. The second kappa shape index (κ2) is 5.85. The predicted molar refractivity (Wildman–Crippen MR) is 78.3 cm³/mol. The molecule has 0 bridgehead atoms. The zero-order valence-electron chi connectivity index (χ0n) is 10.7. The van der Waals surface area contributed by atoms with Crippen molar-refractivity contribution in [2.24, 2.45) is 10.7 Å². The van der Waals surface area contributed by atoms with Gasteiger partial charge in [0, 0.05) is 29.5 Å². The summed E-state index contributed by atoms with van der Waals surface area (Å²) < 4.78 is 0. The average molecular weight is 275 g/mol. The number of rotatable bonds is 3. The van der Waals surface area contributed by atoms with E-state index in [1.165, 1.54) is 0 Å². The van der Waals surface area contributed by atoms with Gasteiger partial charge in [0.05, 0.1) is 10.7 Å². The number of aliphatic imine (C=N–C) groups is 1. The zero-order chi connectivity index (χ0) is 13.8. The maximum Gasteiger partial charge on any atom is 0.147 e. The molecular formula is C15H15ClN2O. The number of benzene rings is 1. The number of carbonyl (C=O) groups is 1. The molecule has 0 unspecified atom stereocenters. The van der Waals surface area contributed by atoms with Crippen LogP contribution in [0.1, 0.15) is 18.4 Å². The van der Waals surface area contributed by atoms with Gasteiger partial charge in [0.15, 0.2) is 0 Å². The van der Waals surface area contributed by atoms with Gasteiger partial charge >= 0.3 is 0 Å². The van der Waals surface area contributed by atoms with Crippen LogP contribution in [-0.4, -0.2) is 19.0 Å². The number of halogens is 1. The largest absolute Gasteiger partial charge is 0.401 e. The van der Waals surface area contributed by atoms with Gasteiger partial charge in [-0.2, -0.15) is 0 Å². The highest BCUT2D eigenvalue weighted by Gasteiger charge is 2.23. The van der Waals surface area contributed by atoms with Gasteiger partial charge in [-0.25, -0.2) is 0 Å². The molecule has 98 valence electrons. The van der Waals surface area contributed by atoms with Crippen LogP contribution in [0.15, 0.2) is 57.2 Å². The van der Waals surface area contributed by atoms with Gasteiger partial charge in [-0.05, 0) is 12.8 Å². The fourth-order valence-corrected chi connectivity index (χ4v) is 2.50. The first-order valence-corrected chi connectivity index (χ1v) is 6.42. The lowest BCUT2D eigenvalue weighted by atomic mass is 9.91. The molecular weight excluding hydrogens is 260 g/mol. The minimum atomic E-state index is 0.420. The number of nitrogens with zero attached hydrogens (tertiary/aromatic N) is 1. The first kappa shape index (κ1) is 13.6. The molecule has 1 aliphatic carbocycles. The van der Waals surface area contributed by atoms with Gasteiger partial charge in [0.1, 0.15) is 6.29 Å². The fraction of sp³-hybridized carbons (Fsp3) is 0.200. The molecule has 0 amide bonds. The molecule has 0 fully saturated rings. The average Bonchev–Trinajstić information content (AvgIpc) is 2.44. The third-order valence-electron chi connectivity index (χ3n) is 3.14. The van der Waals surface area contributed by atoms with E-state index in [0.717, 1.165) is 17.6 Å². The summed E-state index contributed by atoms with van der Waals surface area (Å²) in [6.07, 6.45) is 2.02. The van der Waals surface area contributed by atoms with Crippen LogP contribution in [-0.2, 0) is 4.79 Å². The SMILES string of the molecule is CN=C(C1=C(N)CCC(C=O)=C1Cl)c1ccccc1. The van der Waals surface area contributed by atoms with Crippen molar-refractivity contribution in [3.05, 3.63) is 57.8 Å². The smallest absolute Gasteiger partial charge is 0.147 e. The van der Waals surface area contributed by atoms with Gasteiger partial charge < -0.3 is 5.73 Å². The van der Waals surface area contributed by atoms with Crippen LogP contribution < -0.4 is 5.73 Å². The Kier molecular flexibility index (Phi) is 4.17. The van der Waals surface area contributed by atoms with Crippen molar-refractivity contribution in [1.29, 1.82) is 0 Å². The summed E-state index contributed by atoms with van der Waals surface area (Å²) in [5.41, 5.74) is 9.68. The van der Waals surface area contributed by atoms with E-state index in [1.54, 1.807) is 7.05 Å². The molecule has 2 rings (SSSR count). The highest BCUT2D eigenvalue weighted by Crippen LogP contribution is 2.32. The predicted octanol–water partition coefficient (Wildman–Crippen LogP) is 2.80. The second-order valence-corrected chi connectivity index (χ2v) is 4.67. The van der Waals surface area contributed by atoms with Gasteiger partial charge in [-0.1, -0.05) is 41.9 Å². The molecule has 0 spiro atoms. The monoisotopic (exact) mass is 274 g/mol. The van der Waals surface area contributed by atoms with Crippen LogP contribution in [0.4, 0.5) is 0 Å². The van der Waals surface area contributed by atoms with Gasteiger partial charge in [-0.15, -0.1) is 0 Å². The normalized spacial score (nSPS) is 16.8. The van der Waals surface area contributed by atoms with Crippen molar-refractivity contribution in [2.75, 3.05) is 7.05 Å². The summed E-state index contributed by atoms with van der Waals surface area (Å²) in [5.74, 6) is 0. The second-order valence-electron chi connectivity index (χ2n) is 4.30. The van der Waals surface area contributed by atoms with Crippen LogP contribution in [0, 0.1) is 0 Å². The summed E-state index contributed by atoms with van der Waals surface area (Å²) in [6.45, 7) is 0. The first-order valence-electron chi connectivity index (χ1n) is 6.04. The van der Waals surface area contributed by atoms with Crippen LogP contribution in [0.3, 0.4) is 0 Å². The summed E-state index contributed by atoms with van der Waals surface area (Å²) >= 11 is 6.30. The molecule has 0 saturated heterocycles. The van der Waals surface area contributed by atoms with E-state index < -0.39 is 0 Å². The quantitative estimate of drug-likeness (QED) is 0.681. The van der Waals surface area contributed by atoms with E-state index >= 15 is 0 Å². The Bertz CT molecular complexity index is 585. The molecule has 0 aromatic heterocycles. The first-order chi connectivity index (χ1) is 9.19. The summed E-state index contributed by atoms with van der Waals surface area (Å²) in [7, 11) is 1.70. The van der Waals surface area contributed by atoms with Gasteiger partial charge in [0.25, 0.3) is 0 Å². The molecule has 0 heterocycles. The number of aldehydes is 1. The van der Waals surface area contributed by atoms with Crippen LogP contribution >= 0.6 is 11.6 Å². The molecule has 0 saturated carbocycles. The molecule has 2 N–H and O–H groups in total. The highest BCUT2D eigenvalue weighted by molar-refractivity contribution is 6.39. The molecule has 4 heteroatoms. The molecule has 1 aromatic rings. The maximum absolute atomic E-state index is 11.0. The standard InChI is InChI=1S/C15H15ClN2O/c1-18-15(10-5-3-2-4-6-10)13-12(17)8-7-11(9-19)14(13)16/h2-6,9H,7-8,17H2,1H3. The number of allylic oxidation sites excluding steroid dienone is 4. The van der Waals surface area contributed by atoms with E-state index in [9.17, 15) is 4.79 Å². The number of carbonyl (C=O) groups excluding carboxylic acids is 1. The van der Waals surface area contributed by atoms with E-state index in [0.29, 0.717) is 34.7 Å². The zero-order valence-corrected chi connectivity index (χ0v) is 11.4. The van der Waals surface area contributed by atoms with E-state index in [1.807, 2.05) is 30.3 Å². The third-order valence-corrected chi connectivity index (χ3v) is 3.57. The van der Waals surface area contributed by atoms with Crippen molar-refractivity contribution in [3.63, 3.8) is 0 Å². The molecule has 1 aromatic carbocycles. The molecule has 0 atom stereocenters. The Morgan fingerprint density at radius 1 is 1.32 bits per heavy atom. The topological polar surface area (TPSA) is 55.4 Å². The van der Waals surface area contributed by atoms with Crippen molar-refractivity contribution in [3.8, 4) is 0 Å². The minimum absolute atomic E-state index is 0.420. The Morgan fingerprint density at radius 2 is 2.00 bits per heavy atom. The Labute approximate surface area is 117 Å². The highest BCUT2D eigenvalue weighted by atomic mass is 35.5. The summed E-state index contributed by atoms with van der Waals surface area (Å²) in [5, 5.41) is 0.420. The molecule has 1 aliphatic rings. The van der Waals surface area contributed by atoms with E-state index in [4.69, 9.17) is 17.3 Å². The van der Waals surface area contributed by atoms with Crippen LogP contribution in [0.25, 0.3) is 0 Å². The maximum atomic E-state index is 11.0. The molecule has 0 radical (unpaired) electrons. The molecule has 0 aliphatic heterocycles. The number of nitrogens with two attached hydrogens (primary N) is 1. The fourth-order valence-electron chi connectivity index (χ4n) is 2.15. The van der Waals surface area contributed by atoms with Crippen molar-refractivity contribution >= 4 is 23.6 Å². The van der Waals surface area contributed by atoms with Crippen molar-refractivity contribution in [1.82, 2.24) is 0 Å². The van der Waals surface area contributed by atoms with Crippen molar-refractivity contribution < 1.29 is 4.79 Å². The molecule has 3 nitrogen and oxygen atoms in total. The number of hydrogen-bond acceptors (Lipinski definition) is 3.